The van der Waals surface area contributed by atoms with Crippen LogP contribution < -0.4 is 10.6 Å². The van der Waals surface area contributed by atoms with E-state index in [0.29, 0.717) is 18.4 Å². The molecule has 3 N–H and O–H groups in total. The zero-order chi connectivity index (χ0) is 13.0. The molecule has 0 aliphatic heterocycles. The Morgan fingerprint density at radius 1 is 1.39 bits per heavy atom. The number of para-hydroxylation sites is 2. The molecule has 1 amide bonds. The number of rotatable bonds is 5. The standard InChI is InChI=1S/C13H18N4O/c1-9(2)7-14-12(18)8-15-13-16-10-5-3-4-6-11(10)17-13/h3-6,9H,7-8H2,1-2H3,(H,14,18)(H2,15,16,17). The predicted octanol–water partition coefficient (Wildman–Crippen LogP) is 1.75. The van der Waals surface area contributed by atoms with E-state index >= 15 is 0 Å². The van der Waals surface area contributed by atoms with Crippen molar-refractivity contribution in [3.05, 3.63) is 24.3 Å². The van der Waals surface area contributed by atoms with Gasteiger partial charge < -0.3 is 15.6 Å². The maximum absolute atomic E-state index is 11.5. The molecule has 1 aromatic carbocycles. The number of aromatic amines is 1. The van der Waals surface area contributed by atoms with Crippen molar-refractivity contribution in [2.75, 3.05) is 18.4 Å². The minimum atomic E-state index is -0.0239. The molecule has 0 saturated carbocycles. The summed E-state index contributed by atoms with van der Waals surface area (Å²) in [5, 5.41) is 5.82. The minimum Gasteiger partial charge on any atom is -0.354 e. The Bertz CT molecular complexity index is 500. The molecule has 2 aromatic rings. The lowest BCUT2D eigenvalue weighted by Crippen LogP contribution is -2.32. The maximum Gasteiger partial charge on any atom is 0.239 e. The highest BCUT2D eigenvalue weighted by Gasteiger charge is 2.04. The van der Waals surface area contributed by atoms with E-state index in [9.17, 15) is 4.79 Å². The number of H-pyrrole nitrogens is 1. The zero-order valence-electron chi connectivity index (χ0n) is 10.7. The smallest absolute Gasteiger partial charge is 0.239 e. The Balaban J connectivity index is 1.88. The average Bonchev–Trinajstić information content (AvgIpc) is 2.76. The van der Waals surface area contributed by atoms with E-state index in [1.54, 1.807) is 0 Å². The molecular formula is C13H18N4O. The molecule has 0 aliphatic carbocycles. The largest absolute Gasteiger partial charge is 0.354 e. The number of nitrogens with zero attached hydrogens (tertiary/aromatic N) is 1. The van der Waals surface area contributed by atoms with Crippen molar-refractivity contribution in [2.24, 2.45) is 5.92 Å². The number of aromatic nitrogens is 2. The number of anilines is 1. The molecule has 0 atom stereocenters. The lowest BCUT2D eigenvalue weighted by Gasteiger charge is -2.07. The van der Waals surface area contributed by atoms with Crippen molar-refractivity contribution in [3.8, 4) is 0 Å². The van der Waals surface area contributed by atoms with Gasteiger partial charge in [0.25, 0.3) is 0 Å². The van der Waals surface area contributed by atoms with Gasteiger partial charge in [-0.25, -0.2) is 4.98 Å². The highest BCUT2D eigenvalue weighted by atomic mass is 16.1. The van der Waals surface area contributed by atoms with Gasteiger partial charge >= 0.3 is 0 Å². The zero-order valence-corrected chi connectivity index (χ0v) is 10.7. The van der Waals surface area contributed by atoms with E-state index in [1.807, 2.05) is 24.3 Å². The monoisotopic (exact) mass is 246 g/mol. The molecule has 0 saturated heterocycles. The number of hydrogen-bond acceptors (Lipinski definition) is 3. The van der Waals surface area contributed by atoms with Crippen molar-refractivity contribution in [2.45, 2.75) is 13.8 Å². The number of nitrogens with one attached hydrogen (secondary N) is 3. The number of carbonyl (C=O) groups excluding carboxylic acids is 1. The molecule has 1 aromatic heterocycles. The summed E-state index contributed by atoms with van der Waals surface area (Å²) in [4.78, 5) is 19.0. The quantitative estimate of drug-likeness (QED) is 0.752. The van der Waals surface area contributed by atoms with Gasteiger partial charge in [-0.3, -0.25) is 4.79 Å². The van der Waals surface area contributed by atoms with Gasteiger partial charge in [-0.15, -0.1) is 0 Å². The Morgan fingerprint density at radius 3 is 2.89 bits per heavy atom. The fourth-order valence-electron chi connectivity index (χ4n) is 1.58. The summed E-state index contributed by atoms with van der Waals surface area (Å²) >= 11 is 0. The number of hydrogen-bond donors (Lipinski definition) is 3. The third-order valence-electron chi connectivity index (χ3n) is 2.51. The maximum atomic E-state index is 11.5. The van der Waals surface area contributed by atoms with Crippen molar-refractivity contribution in [3.63, 3.8) is 0 Å². The Morgan fingerprint density at radius 2 is 2.17 bits per heavy atom. The van der Waals surface area contributed by atoms with Crippen LogP contribution in [0, 0.1) is 5.92 Å². The minimum absolute atomic E-state index is 0.0239. The Hall–Kier alpha value is -2.04. The molecule has 0 radical (unpaired) electrons. The SMILES string of the molecule is CC(C)CNC(=O)CNc1nc2ccccc2[nH]1. The van der Waals surface area contributed by atoms with Crippen LogP contribution in [-0.2, 0) is 4.79 Å². The first-order chi connectivity index (χ1) is 8.65. The molecule has 0 unspecified atom stereocenters. The van der Waals surface area contributed by atoms with E-state index < -0.39 is 0 Å². The second-order valence-corrected chi connectivity index (χ2v) is 4.65. The lowest BCUT2D eigenvalue weighted by atomic mass is 10.2. The van der Waals surface area contributed by atoms with Crippen LogP contribution in [0.15, 0.2) is 24.3 Å². The third-order valence-corrected chi connectivity index (χ3v) is 2.51. The number of fused-ring (bicyclic) bond motifs is 1. The summed E-state index contributed by atoms with van der Waals surface area (Å²) in [5.41, 5.74) is 1.85. The Labute approximate surface area is 106 Å². The molecule has 0 bridgehead atoms. The van der Waals surface area contributed by atoms with Gasteiger partial charge in [0.2, 0.25) is 11.9 Å². The lowest BCUT2D eigenvalue weighted by molar-refractivity contribution is -0.119. The van der Waals surface area contributed by atoms with E-state index in [4.69, 9.17) is 0 Å². The normalized spacial score (nSPS) is 10.8. The van der Waals surface area contributed by atoms with Crippen molar-refractivity contribution in [1.29, 1.82) is 0 Å². The Kier molecular flexibility index (Phi) is 3.82. The fourth-order valence-corrected chi connectivity index (χ4v) is 1.58. The van der Waals surface area contributed by atoms with Gasteiger partial charge in [0.05, 0.1) is 17.6 Å². The highest BCUT2D eigenvalue weighted by Crippen LogP contribution is 2.12. The number of carbonyl (C=O) groups is 1. The third kappa shape index (κ3) is 3.23. The van der Waals surface area contributed by atoms with E-state index in [0.717, 1.165) is 11.0 Å². The molecule has 5 heteroatoms. The van der Waals surface area contributed by atoms with Gasteiger partial charge in [0.1, 0.15) is 0 Å². The molecule has 2 rings (SSSR count). The van der Waals surface area contributed by atoms with Gasteiger partial charge in [0, 0.05) is 6.54 Å². The number of imidazole rings is 1. The van der Waals surface area contributed by atoms with Crippen molar-refractivity contribution in [1.82, 2.24) is 15.3 Å². The molecule has 0 aliphatic rings. The predicted molar refractivity (Wildman–Crippen MR) is 72.4 cm³/mol. The molecule has 96 valence electrons. The molecule has 18 heavy (non-hydrogen) atoms. The summed E-state index contributed by atoms with van der Waals surface area (Å²) < 4.78 is 0. The summed E-state index contributed by atoms with van der Waals surface area (Å²) in [6.07, 6.45) is 0. The second kappa shape index (κ2) is 5.53. The molecule has 0 fully saturated rings. The van der Waals surface area contributed by atoms with Crippen LogP contribution >= 0.6 is 0 Å². The van der Waals surface area contributed by atoms with Gasteiger partial charge in [-0.05, 0) is 18.1 Å². The van der Waals surface area contributed by atoms with Crippen LogP contribution in [0.4, 0.5) is 5.95 Å². The van der Waals surface area contributed by atoms with E-state index in [1.165, 1.54) is 0 Å². The molecule has 1 heterocycles. The van der Waals surface area contributed by atoms with Crippen molar-refractivity contribution < 1.29 is 4.79 Å². The van der Waals surface area contributed by atoms with E-state index in [2.05, 4.69) is 34.4 Å². The summed E-state index contributed by atoms with van der Waals surface area (Å²) in [7, 11) is 0. The first kappa shape index (κ1) is 12.4. The summed E-state index contributed by atoms with van der Waals surface area (Å²) in [6.45, 7) is 5.05. The molecule has 0 spiro atoms. The van der Waals surface area contributed by atoms with Crippen LogP contribution in [0.5, 0.6) is 0 Å². The average molecular weight is 246 g/mol. The van der Waals surface area contributed by atoms with Crippen LogP contribution in [0.2, 0.25) is 0 Å². The number of amides is 1. The summed E-state index contributed by atoms with van der Waals surface area (Å²) in [5.74, 6) is 1.06. The van der Waals surface area contributed by atoms with Gasteiger partial charge in [-0.2, -0.15) is 0 Å². The fraction of sp³-hybridized carbons (Fsp3) is 0.385. The van der Waals surface area contributed by atoms with Crippen LogP contribution in [0.1, 0.15) is 13.8 Å². The van der Waals surface area contributed by atoms with Crippen LogP contribution in [0.25, 0.3) is 11.0 Å². The van der Waals surface area contributed by atoms with Gasteiger partial charge in [-0.1, -0.05) is 26.0 Å². The number of benzene rings is 1. The first-order valence-corrected chi connectivity index (χ1v) is 6.10. The van der Waals surface area contributed by atoms with Gasteiger partial charge in [0.15, 0.2) is 0 Å². The first-order valence-electron chi connectivity index (χ1n) is 6.10. The van der Waals surface area contributed by atoms with Crippen molar-refractivity contribution >= 4 is 22.9 Å². The van der Waals surface area contributed by atoms with Crippen LogP contribution in [0.3, 0.4) is 0 Å². The van der Waals surface area contributed by atoms with Crippen LogP contribution in [-0.4, -0.2) is 29.0 Å². The highest BCUT2D eigenvalue weighted by molar-refractivity contribution is 5.81. The topological polar surface area (TPSA) is 69.8 Å². The molecular weight excluding hydrogens is 228 g/mol. The summed E-state index contributed by atoms with van der Waals surface area (Å²) in [6, 6.07) is 7.75. The second-order valence-electron chi connectivity index (χ2n) is 4.65. The molecule has 5 nitrogen and oxygen atoms in total. The van der Waals surface area contributed by atoms with E-state index in [-0.39, 0.29) is 12.5 Å².